The smallest absolute Gasteiger partial charge is 0.321 e. The summed E-state index contributed by atoms with van der Waals surface area (Å²) in [7, 11) is 0. The minimum Gasteiger partial charge on any atom is -0.378 e. The molecule has 1 aromatic carbocycles. The third-order valence-electron chi connectivity index (χ3n) is 6.60. The highest BCUT2D eigenvalue weighted by molar-refractivity contribution is 5.90. The SMILES string of the molecule is Cc1ccccc1NC(=O)N1CCC2(CC1)CC(OCC(=O)N1CCOCC1)CCO2. The maximum atomic E-state index is 12.7. The highest BCUT2D eigenvalue weighted by Crippen LogP contribution is 2.36. The van der Waals surface area contributed by atoms with Gasteiger partial charge < -0.3 is 29.3 Å². The Morgan fingerprint density at radius 3 is 2.58 bits per heavy atom. The zero-order valence-corrected chi connectivity index (χ0v) is 18.3. The Bertz CT molecular complexity index is 772. The molecule has 0 aromatic heterocycles. The molecule has 8 nitrogen and oxygen atoms in total. The zero-order valence-electron chi connectivity index (χ0n) is 18.3. The number of piperidine rings is 1. The Kier molecular flexibility index (Phi) is 7.09. The first-order valence-corrected chi connectivity index (χ1v) is 11.3. The summed E-state index contributed by atoms with van der Waals surface area (Å²) in [5, 5.41) is 3.01. The monoisotopic (exact) mass is 431 g/mol. The van der Waals surface area contributed by atoms with Crippen molar-refractivity contribution in [3.63, 3.8) is 0 Å². The number of anilines is 1. The van der Waals surface area contributed by atoms with E-state index in [2.05, 4.69) is 5.32 Å². The largest absolute Gasteiger partial charge is 0.378 e. The second-order valence-corrected chi connectivity index (χ2v) is 8.68. The van der Waals surface area contributed by atoms with E-state index in [9.17, 15) is 9.59 Å². The molecule has 8 heteroatoms. The van der Waals surface area contributed by atoms with Gasteiger partial charge in [-0.25, -0.2) is 4.79 Å². The van der Waals surface area contributed by atoms with Crippen LogP contribution in [0, 0.1) is 6.92 Å². The Morgan fingerprint density at radius 1 is 1.10 bits per heavy atom. The number of carbonyl (C=O) groups excluding carboxylic acids is 2. The van der Waals surface area contributed by atoms with Crippen LogP contribution in [0.5, 0.6) is 0 Å². The van der Waals surface area contributed by atoms with Gasteiger partial charge in [-0.05, 0) is 37.8 Å². The van der Waals surface area contributed by atoms with Crippen LogP contribution in [0.4, 0.5) is 10.5 Å². The molecule has 3 heterocycles. The molecule has 3 aliphatic rings. The maximum Gasteiger partial charge on any atom is 0.321 e. The fraction of sp³-hybridized carbons (Fsp3) is 0.652. The summed E-state index contributed by atoms with van der Waals surface area (Å²) >= 11 is 0. The Hall–Kier alpha value is -2.16. The number of carbonyl (C=O) groups is 2. The minimum absolute atomic E-state index is 0.0195. The zero-order chi connectivity index (χ0) is 21.7. The normalized spacial score (nSPS) is 23.6. The molecular formula is C23H33N3O5. The number of hydrogen-bond acceptors (Lipinski definition) is 5. The number of ether oxygens (including phenoxy) is 3. The summed E-state index contributed by atoms with van der Waals surface area (Å²) in [6.07, 6.45) is 3.16. The standard InChI is InChI=1S/C23H33N3O5/c1-18-4-2-3-5-20(18)24-22(28)26-9-7-23(8-10-26)16-19(6-13-31-23)30-17-21(27)25-11-14-29-15-12-25/h2-5,19H,6-17H2,1H3,(H,24,28). The number of aryl methyl sites for hydroxylation is 1. The van der Waals surface area contributed by atoms with Gasteiger partial charge in [-0.1, -0.05) is 18.2 Å². The van der Waals surface area contributed by atoms with Crippen molar-refractivity contribution in [2.24, 2.45) is 0 Å². The third kappa shape index (κ3) is 5.56. The molecule has 3 fully saturated rings. The fourth-order valence-corrected chi connectivity index (χ4v) is 4.59. The molecule has 0 bridgehead atoms. The van der Waals surface area contributed by atoms with Crippen molar-refractivity contribution in [3.05, 3.63) is 29.8 Å². The summed E-state index contributed by atoms with van der Waals surface area (Å²) in [5.74, 6) is 0.0338. The first-order chi connectivity index (χ1) is 15.0. The van der Waals surface area contributed by atoms with Crippen molar-refractivity contribution in [3.8, 4) is 0 Å². The lowest BCUT2D eigenvalue weighted by molar-refractivity contribution is -0.163. The molecule has 1 N–H and O–H groups in total. The highest BCUT2D eigenvalue weighted by Gasteiger charge is 2.41. The van der Waals surface area contributed by atoms with E-state index < -0.39 is 0 Å². The molecule has 3 saturated heterocycles. The van der Waals surface area contributed by atoms with Crippen molar-refractivity contribution in [2.75, 3.05) is 57.9 Å². The van der Waals surface area contributed by atoms with Gasteiger partial charge in [0.05, 0.1) is 24.9 Å². The predicted molar refractivity (Wildman–Crippen MR) is 116 cm³/mol. The van der Waals surface area contributed by atoms with Crippen LogP contribution in [0.3, 0.4) is 0 Å². The number of morpholine rings is 1. The number of amides is 3. The average Bonchev–Trinajstić information content (AvgIpc) is 2.80. The lowest BCUT2D eigenvalue weighted by Gasteiger charge is -2.46. The van der Waals surface area contributed by atoms with Gasteiger partial charge in [0.1, 0.15) is 6.61 Å². The molecule has 170 valence electrons. The topological polar surface area (TPSA) is 80.3 Å². The number of rotatable bonds is 4. The molecule has 4 rings (SSSR count). The van der Waals surface area contributed by atoms with Gasteiger partial charge in [0.2, 0.25) is 5.91 Å². The molecule has 0 radical (unpaired) electrons. The van der Waals surface area contributed by atoms with E-state index in [1.54, 1.807) is 0 Å². The molecule has 1 unspecified atom stereocenters. The van der Waals surface area contributed by atoms with E-state index >= 15 is 0 Å². The Labute approximate surface area is 183 Å². The average molecular weight is 432 g/mol. The number of nitrogens with zero attached hydrogens (tertiary/aromatic N) is 2. The van der Waals surface area contributed by atoms with E-state index in [4.69, 9.17) is 14.2 Å². The van der Waals surface area contributed by atoms with Gasteiger partial charge in [0, 0.05) is 44.9 Å². The van der Waals surface area contributed by atoms with Gasteiger partial charge in [-0.2, -0.15) is 0 Å². The number of hydrogen-bond donors (Lipinski definition) is 1. The van der Waals surface area contributed by atoms with Crippen LogP contribution in [0.2, 0.25) is 0 Å². The van der Waals surface area contributed by atoms with Gasteiger partial charge in [0.25, 0.3) is 0 Å². The summed E-state index contributed by atoms with van der Waals surface area (Å²) in [5.41, 5.74) is 1.64. The quantitative estimate of drug-likeness (QED) is 0.792. The summed E-state index contributed by atoms with van der Waals surface area (Å²) in [6.45, 7) is 6.51. The number of benzene rings is 1. The van der Waals surface area contributed by atoms with E-state index in [0.29, 0.717) is 46.0 Å². The Balaban J connectivity index is 1.24. The highest BCUT2D eigenvalue weighted by atomic mass is 16.5. The maximum absolute atomic E-state index is 12.7. The van der Waals surface area contributed by atoms with Crippen LogP contribution in [-0.2, 0) is 19.0 Å². The van der Waals surface area contributed by atoms with Gasteiger partial charge >= 0.3 is 6.03 Å². The van der Waals surface area contributed by atoms with E-state index in [-0.39, 0.29) is 30.3 Å². The number of likely N-dealkylation sites (tertiary alicyclic amines) is 1. The van der Waals surface area contributed by atoms with Crippen LogP contribution in [0.15, 0.2) is 24.3 Å². The molecule has 3 aliphatic heterocycles. The second-order valence-electron chi connectivity index (χ2n) is 8.68. The van der Waals surface area contributed by atoms with Crippen LogP contribution in [-0.4, -0.2) is 86.0 Å². The molecule has 3 amide bonds. The first kappa shape index (κ1) is 22.0. The third-order valence-corrected chi connectivity index (χ3v) is 6.60. The van der Waals surface area contributed by atoms with E-state index in [1.165, 1.54) is 0 Å². The van der Waals surface area contributed by atoms with Crippen molar-refractivity contribution >= 4 is 17.6 Å². The number of para-hydroxylation sites is 1. The first-order valence-electron chi connectivity index (χ1n) is 11.3. The summed E-state index contributed by atoms with van der Waals surface area (Å²) in [4.78, 5) is 28.7. The van der Waals surface area contributed by atoms with Crippen molar-refractivity contribution in [1.29, 1.82) is 0 Å². The van der Waals surface area contributed by atoms with E-state index in [0.717, 1.165) is 36.9 Å². The summed E-state index contributed by atoms with van der Waals surface area (Å²) in [6, 6.07) is 7.73. The van der Waals surface area contributed by atoms with Gasteiger partial charge in [-0.3, -0.25) is 4.79 Å². The number of urea groups is 1. The second kappa shape index (κ2) is 9.97. The minimum atomic E-state index is -0.260. The van der Waals surface area contributed by atoms with Crippen molar-refractivity contribution in [2.45, 2.75) is 44.3 Å². The van der Waals surface area contributed by atoms with E-state index in [1.807, 2.05) is 41.0 Å². The van der Waals surface area contributed by atoms with Crippen molar-refractivity contribution < 1.29 is 23.8 Å². The van der Waals surface area contributed by atoms with Crippen LogP contribution in [0.25, 0.3) is 0 Å². The fourth-order valence-electron chi connectivity index (χ4n) is 4.59. The lowest BCUT2D eigenvalue weighted by Crippen LogP contribution is -2.53. The molecule has 0 aliphatic carbocycles. The Morgan fingerprint density at radius 2 is 1.84 bits per heavy atom. The predicted octanol–water partition coefficient (Wildman–Crippen LogP) is 2.42. The molecule has 0 saturated carbocycles. The lowest BCUT2D eigenvalue weighted by atomic mass is 9.83. The molecule has 1 spiro atoms. The van der Waals surface area contributed by atoms with Gasteiger partial charge in [-0.15, -0.1) is 0 Å². The number of nitrogens with one attached hydrogen (secondary N) is 1. The molecule has 31 heavy (non-hydrogen) atoms. The van der Waals surface area contributed by atoms with Crippen LogP contribution in [0.1, 0.15) is 31.2 Å². The molecule has 1 atom stereocenters. The summed E-state index contributed by atoms with van der Waals surface area (Å²) < 4.78 is 17.5. The van der Waals surface area contributed by atoms with Crippen LogP contribution < -0.4 is 5.32 Å². The van der Waals surface area contributed by atoms with Crippen molar-refractivity contribution in [1.82, 2.24) is 9.80 Å². The van der Waals surface area contributed by atoms with Gasteiger partial charge in [0.15, 0.2) is 0 Å². The molecular weight excluding hydrogens is 398 g/mol. The molecule has 1 aromatic rings. The van der Waals surface area contributed by atoms with Crippen LogP contribution >= 0.6 is 0 Å².